The van der Waals surface area contributed by atoms with Gasteiger partial charge in [0.05, 0.1) is 19.8 Å². The Morgan fingerprint density at radius 3 is 2.62 bits per heavy atom. The van der Waals surface area contributed by atoms with Gasteiger partial charge in [-0.05, 0) is 18.6 Å². The van der Waals surface area contributed by atoms with Crippen LogP contribution in [-0.4, -0.2) is 61.7 Å². The molecule has 21 heavy (non-hydrogen) atoms. The minimum Gasteiger partial charge on any atom is -0.491 e. The monoisotopic (exact) mass is 294 g/mol. The van der Waals surface area contributed by atoms with E-state index in [1.807, 2.05) is 30.3 Å². The van der Waals surface area contributed by atoms with Crippen molar-refractivity contribution in [3.63, 3.8) is 0 Å². The van der Waals surface area contributed by atoms with Gasteiger partial charge in [0, 0.05) is 0 Å². The number of nitrogens with zero attached hydrogens (tertiary/aromatic N) is 1. The van der Waals surface area contributed by atoms with Crippen LogP contribution in [-0.2, 0) is 4.74 Å². The van der Waals surface area contributed by atoms with E-state index < -0.39 is 6.10 Å². The highest BCUT2D eigenvalue weighted by Crippen LogP contribution is 2.16. The fraction of sp³-hybridized carbons (Fsp3) is 0.647. The Balaban J connectivity index is 1.84. The van der Waals surface area contributed by atoms with Crippen LogP contribution in [0.25, 0.3) is 0 Å². The zero-order valence-electron chi connectivity index (χ0n) is 13.0. The molecule has 0 aromatic heterocycles. The van der Waals surface area contributed by atoms with Crippen LogP contribution in [0.1, 0.15) is 19.8 Å². The molecule has 1 aliphatic rings. The topological polar surface area (TPSA) is 38.7 Å². The molecule has 0 radical (unpaired) electrons. The van der Waals surface area contributed by atoms with Crippen LogP contribution in [0.4, 0.5) is 0 Å². The molecule has 0 bridgehead atoms. The molecule has 0 saturated carbocycles. The van der Waals surface area contributed by atoms with Crippen LogP contribution in [0.2, 0.25) is 0 Å². The molecule has 1 atom stereocenters. The highest BCUT2D eigenvalue weighted by molar-refractivity contribution is 5.20. The van der Waals surface area contributed by atoms with Gasteiger partial charge in [0.2, 0.25) is 0 Å². The average molecular weight is 294 g/mol. The van der Waals surface area contributed by atoms with E-state index in [1.54, 1.807) is 0 Å². The Labute approximate surface area is 127 Å². The lowest BCUT2D eigenvalue weighted by molar-refractivity contribution is -0.938. The first-order chi connectivity index (χ1) is 10.2. The summed E-state index contributed by atoms with van der Waals surface area (Å²) in [6.07, 6.45) is 1.96. The van der Waals surface area contributed by atoms with Crippen molar-refractivity contribution in [3.05, 3.63) is 30.3 Å². The molecule has 0 aliphatic carbocycles. The third-order valence-corrected chi connectivity index (χ3v) is 4.19. The summed E-state index contributed by atoms with van der Waals surface area (Å²) in [4.78, 5) is 0. The van der Waals surface area contributed by atoms with E-state index in [9.17, 15) is 5.11 Å². The number of benzene rings is 1. The lowest BCUT2D eigenvalue weighted by atomic mass is 10.2. The second-order valence-electron chi connectivity index (χ2n) is 5.94. The summed E-state index contributed by atoms with van der Waals surface area (Å²) in [6.45, 7) is 8.07. The third-order valence-electron chi connectivity index (χ3n) is 4.19. The number of ether oxygens (including phenoxy) is 2. The zero-order valence-corrected chi connectivity index (χ0v) is 13.0. The van der Waals surface area contributed by atoms with Crippen LogP contribution >= 0.6 is 0 Å². The standard InChI is InChI=1S/C17H28NO3/c1-2-3-9-18(10-12-20-13-11-18)14-16(19)15-21-17-7-5-4-6-8-17/h4-8,16,19H,2-3,9-15H2,1H3/q+1. The minimum atomic E-state index is -0.430. The fourth-order valence-corrected chi connectivity index (χ4v) is 2.93. The van der Waals surface area contributed by atoms with Gasteiger partial charge in [-0.2, -0.15) is 0 Å². The van der Waals surface area contributed by atoms with Crippen LogP contribution in [0.3, 0.4) is 0 Å². The number of quaternary nitrogens is 1. The first-order valence-electron chi connectivity index (χ1n) is 8.03. The van der Waals surface area contributed by atoms with E-state index in [4.69, 9.17) is 9.47 Å². The maximum atomic E-state index is 10.3. The Hall–Kier alpha value is -1.10. The SMILES string of the molecule is CCCC[N+]1(CC(O)COc2ccccc2)CCOCC1. The summed E-state index contributed by atoms with van der Waals surface area (Å²) >= 11 is 0. The number of aliphatic hydroxyl groups excluding tert-OH is 1. The Morgan fingerprint density at radius 2 is 1.95 bits per heavy atom. The van der Waals surface area contributed by atoms with E-state index in [0.29, 0.717) is 6.61 Å². The number of hydrogen-bond donors (Lipinski definition) is 1. The van der Waals surface area contributed by atoms with E-state index in [2.05, 4.69) is 6.92 Å². The summed E-state index contributed by atoms with van der Waals surface area (Å²) in [5, 5.41) is 10.3. The fourth-order valence-electron chi connectivity index (χ4n) is 2.93. The number of aliphatic hydroxyl groups is 1. The molecule has 1 aromatic carbocycles. The van der Waals surface area contributed by atoms with Gasteiger partial charge < -0.3 is 19.1 Å². The highest BCUT2D eigenvalue weighted by atomic mass is 16.5. The molecule has 2 rings (SSSR count). The summed E-state index contributed by atoms with van der Waals surface area (Å²) in [5.74, 6) is 0.818. The smallest absolute Gasteiger partial charge is 0.137 e. The van der Waals surface area contributed by atoms with Crippen molar-refractivity contribution < 1.29 is 19.1 Å². The van der Waals surface area contributed by atoms with E-state index in [1.165, 1.54) is 12.8 Å². The van der Waals surface area contributed by atoms with Gasteiger partial charge in [-0.1, -0.05) is 31.5 Å². The summed E-state index contributed by atoms with van der Waals surface area (Å²) in [5.41, 5.74) is 0. The van der Waals surface area contributed by atoms with Gasteiger partial charge in [0.1, 0.15) is 38.1 Å². The molecule has 0 amide bonds. The lowest BCUT2D eigenvalue weighted by Crippen LogP contribution is -2.59. The molecule has 118 valence electrons. The Morgan fingerprint density at radius 1 is 1.24 bits per heavy atom. The second kappa shape index (κ2) is 8.37. The molecule has 4 nitrogen and oxygen atoms in total. The van der Waals surface area contributed by atoms with Gasteiger partial charge in [0.15, 0.2) is 0 Å². The number of hydrogen-bond acceptors (Lipinski definition) is 3. The molecule has 1 aliphatic heterocycles. The summed E-state index contributed by atoms with van der Waals surface area (Å²) < 4.78 is 12.1. The van der Waals surface area contributed by atoms with Gasteiger partial charge in [-0.25, -0.2) is 0 Å². The van der Waals surface area contributed by atoms with Gasteiger partial charge in [-0.3, -0.25) is 0 Å². The average Bonchev–Trinajstić information content (AvgIpc) is 2.53. The predicted octanol–water partition coefficient (Wildman–Crippen LogP) is 2.07. The molecule has 1 saturated heterocycles. The molecule has 4 heteroatoms. The molecule has 0 spiro atoms. The van der Waals surface area contributed by atoms with Crippen LogP contribution in [0.5, 0.6) is 5.75 Å². The molecule has 1 N–H and O–H groups in total. The van der Waals surface area contributed by atoms with Crippen molar-refractivity contribution in [1.29, 1.82) is 0 Å². The van der Waals surface area contributed by atoms with Gasteiger partial charge in [0.25, 0.3) is 0 Å². The van der Waals surface area contributed by atoms with Crippen LogP contribution in [0, 0.1) is 0 Å². The third kappa shape index (κ3) is 5.30. The van der Waals surface area contributed by atoms with Gasteiger partial charge >= 0.3 is 0 Å². The van der Waals surface area contributed by atoms with Crippen molar-refractivity contribution >= 4 is 0 Å². The maximum absolute atomic E-state index is 10.3. The molecular weight excluding hydrogens is 266 g/mol. The Bertz CT molecular complexity index is 390. The lowest BCUT2D eigenvalue weighted by Gasteiger charge is -2.42. The van der Waals surface area contributed by atoms with Crippen molar-refractivity contribution in [2.45, 2.75) is 25.9 Å². The summed E-state index contributed by atoms with van der Waals surface area (Å²) in [6, 6.07) is 9.69. The van der Waals surface area contributed by atoms with Crippen molar-refractivity contribution in [1.82, 2.24) is 0 Å². The first-order valence-corrected chi connectivity index (χ1v) is 8.03. The van der Waals surface area contributed by atoms with Crippen LogP contribution < -0.4 is 4.74 Å². The maximum Gasteiger partial charge on any atom is 0.137 e. The summed E-state index contributed by atoms with van der Waals surface area (Å²) in [7, 11) is 0. The number of morpholine rings is 1. The normalized spacial score (nSPS) is 19.1. The van der Waals surface area contributed by atoms with E-state index in [0.717, 1.165) is 49.6 Å². The number of unbranched alkanes of at least 4 members (excludes halogenated alkanes) is 1. The quantitative estimate of drug-likeness (QED) is 0.746. The van der Waals surface area contributed by atoms with Gasteiger partial charge in [-0.15, -0.1) is 0 Å². The number of rotatable bonds is 8. The van der Waals surface area contributed by atoms with Crippen molar-refractivity contribution in [3.8, 4) is 5.75 Å². The van der Waals surface area contributed by atoms with Crippen molar-refractivity contribution in [2.24, 2.45) is 0 Å². The largest absolute Gasteiger partial charge is 0.491 e. The number of para-hydroxylation sites is 1. The molecule has 1 fully saturated rings. The zero-order chi connectivity index (χ0) is 15.0. The molecule has 1 aromatic rings. The van der Waals surface area contributed by atoms with Crippen LogP contribution in [0.15, 0.2) is 30.3 Å². The Kier molecular flexibility index (Phi) is 6.49. The van der Waals surface area contributed by atoms with E-state index in [-0.39, 0.29) is 0 Å². The first kappa shape index (κ1) is 16.3. The predicted molar refractivity (Wildman–Crippen MR) is 83.4 cm³/mol. The van der Waals surface area contributed by atoms with Crippen molar-refractivity contribution in [2.75, 3.05) is 46.0 Å². The second-order valence-corrected chi connectivity index (χ2v) is 5.94. The molecule has 1 unspecified atom stereocenters. The highest BCUT2D eigenvalue weighted by Gasteiger charge is 2.32. The molecule has 1 heterocycles. The van der Waals surface area contributed by atoms with E-state index >= 15 is 0 Å². The molecular formula is C17H28NO3+. The minimum absolute atomic E-state index is 0.358.